The minimum Gasteiger partial charge on any atom is -0.508 e. The van der Waals surface area contributed by atoms with Gasteiger partial charge in [-0.3, -0.25) is 14.6 Å². The summed E-state index contributed by atoms with van der Waals surface area (Å²) in [6.45, 7) is -0.0295. The second kappa shape index (κ2) is 8.14. The van der Waals surface area contributed by atoms with E-state index in [2.05, 4.69) is 10.3 Å². The Kier molecular flexibility index (Phi) is 5.24. The third kappa shape index (κ3) is 4.43. The van der Waals surface area contributed by atoms with Crippen LogP contribution in [0.2, 0.25) is 0 Å². The molecule has 1 aliphatic heterocycles. The Morgan fingerprint density at radius 3 is 2.79 bits per heavy atom. The number of aromatic nitrogens is 1. The van der Waals surface area contributed by atoms with E-state index in [4.69, 9.17) is 4.74 Å². The third-order valence-electron chi connectivity index (χ3n) is 4.83. The van der Waals surface area contributed by atoms with Crippen LogP contribution < -0.4 is 10.1 Å². The molecule has 0 unspecified atom stereocenters. The van der Waals surface area contributed by atoms with E-state index in [1.165, 1.54) is 6.07 Å². The highest BCUT2D eigenvalue weighted by atomic mass is 16.5. The molecule has 0 saturated heterocycles. The van der Waals surface area contributed by atoms with E-state index in [0.717, 1.165) is 16.7 Å². The van der Waals surface area contributed by atoms with Crippen molar-refractivity contribution in [3.8, 4) is 11.5 Å². The summed E-state index contributed by atoms with van der Waals surface area (Å²) in [6.07, 6.45) is 4.93. The molecule has 0 fully saturated rings. The first-order chi connectivity index (χ1) is 14.1. The van der Waals surface area contributed by atoms with Crippen LogP contribution in [0.25, 0.3) is 0 Å². The van der Waals surface area contributed by atoms with Gasteiger partial charge in [-0.25, -0.2) is 0 Å². The lowest BCUT2D eigenvalue weighted by atomic mass is 9.98. The average molecular weight is 388 g/mol. The summed E-state index contributed by atoms with van der Waals surface area (Å²) in [5.74, 6) is 0.467. The Bertz CT molecular complexity index is 1060. The summed E-state index contributed by atoms with van der Waals surface area (Å²) in [5, 5.41) is 12.9. The van der Waals surface area contributed by atoms with E-state index in [1.54, 1.807) is 18.5 Å². The first-order valence-electron chi connectivity index (χ1n) is 9.38. The monoisotopic (exact) mass is 388 g/mol. The molecule has 6 nitrogen and oxygen atoms in total. The Labute approximate surface area is 168 Å². The second-order valence-electron chi connectivity index (χ2n) is 6.98. The van der Waals surface area contributed by atoms with Gasteiger partial charge in [-0.05, 0) is 47.7 Å². The van der Waals surface area contributed by atoms with Crippen LogP contribution in [0.15, 0.2) is 60.9 Å². The fourth-order valence-corrected chi connectivity index (χ4v) is 3.33. The van der Waals surface area contributed by atoms with Crippen molar-refractivity contribution < 1.29 is 19.4 Å². The van der Waals surface area contributed by atoms with Gasteiger partial charge in [0.15, 0.2) is 12.4 Å². The third-order valence-corrected chi connectivity index (χ3v) is 4.83. The molecule has 1 amide bonds. The zero-order valence-corrected chi connectivity index (χ0v) is 15.7. The zero-order chi connectivity index (χ0) is 20.2. The minimum atomic E-state index is -0.239. The number of ether oxygens (including phenoxy) is 1. The van der Waals surface area contributed by atoms with Gasteiger partial charge in [0.2, 0.25) is 0 Å². The summed E-state index contributed by atoms with van der Waals surface area (Å²) in [6, 6.07) is 14.5. The maximum atomic E-state index is 12.6. The molecule has 6 heteroatoms. The maximum absolute atomic E-state index is 12.6. The standard InChI is InChI=1S/C23H20N2O4/c26-20(10-16-4-2-8-24-13-16)17-5-1-3-15(9-17)6-7-18-11-22-19(12-21(18)27)25-23(28)14-29-22/h1-5,8-9,11-13,27H,6-7,10,14H2,(H,25,28). The van der Waals surface area contributed by atoms with Gasteiger partial charge in [-0.2, -0.15) is 0 Å². The quantitative estimate of drug-likeness (QED) is 0.633. The summed E-state index contributed by atoms with van der Waals surface area (Å²) in [5.41, 5.74) is 3.76. The van der Waals surface area contributed by atoms with Gasteiger partial charge in [-0.1, -0.05) is 24.3 Å². The molecule has 2 heterocycles. The molecule has 29 heavy (non-hydrogen) atoms. The molecule has 146 valence electrons. The number of carbonyl (C=O) groups is 2. The van der Waals surface area contributed by atoms with E-state index >= 15 is 0 Å². The second-order valence-corrected chi connectivity index (χ2v) is 6.98. The Morgan fingerprint density at radius 2 is 1.97 bits per heavy atom. The molecule has 0 spiro atoms. The maximum Gasteiger partial charge on any atom is 0.262 e. The highest BCUT2D eigenvalue weighted by Gasteiger charge is 2.18. The van der Waals surface area contributed by atoms with Crippen LogP contribution in [-0.4, -0.2) is 28.4 Å². The molecule has 0 saturated carbocycles. The number of hydrogen-bond acceptors (Lipinski definition) is 5. The SMILES string of the molecule is O=C1COc2cc(CCc3cccc(C(=O)Cc4cccnc4)c3)c(O)cc2N1. The first kappa shape index (κ1) is 18.7. The van der Waals surface area contributed by atoms with Crippen molar-refractivity contribution in [1.29, 1.82) is 0 Å². The lowest BCUT2D eigenvalue weighted by Crippen LogP contribution is -2.25. The van der Waals surface area contributed by atoms with Crippen molar-refractivity contribution in [2.24, 2.45) is 0 Å². The fraction of sp³-hybridized carbons (Fsp3) is 0.174. The van der Waals surface area contributed by atoms with Gasteiger partial charge in [0.25, 0.3) is 5.91 Å². The summed E-state index contributed by atoms with van der Waals surface area (Å²) < 4.78 is 5.42. The number of aromatic hydroxyl groups is 1. The van der Waals surface area contributed by atoms with E-state index in [1.807, 2.05) is 36.4 Å². The van der Waals surface area contributed by atoms with Crippen LogP contribution in [0.4, 0.5) is 5.69 Å². The lowest BCUT2D eigenvalue weighted by Gasteiger charge is -2.19. The van der Waals surface area contributed by atoms with Crippen molar-refractivity contribution in [3.63, 3.8) is 0 Å². The number of pyridine rings is 1. The van der Waals surface area contributed by atoms with Gasteiger partial charge in [0.1, 0.15) is 11.5 Å². The molecule has 2 N–H and O–H groups in total. The van der Waals surface area contributed by atoms with Gasteiger partial charge >= 0.3 is 0 Å². The van der Waals surface area contributed by atoms with Crippen molar-refractivity contribution in [2.75, 3.05) is 11.9 Å². The van der Waals surface area contributed by atoms with Gasteiger partial charge in [-0.15, -0.1) is 0 Å². The molecule has 3 aromatic rings. The summed E-state index contributed by atoms with van der Waals surface area (Å²) in [4.78, 5) is 28.0. The number of aryl methyl sites for hydroxylation is 2. The fourth-order valence-electron chi connectivity index (χ4n) is 3.33. The van der Waals surface area contributed by atoms with Crippen molar-refractivity contribution in [2.45, 2.75) is 19.3 Å². The van der Waals surface area contributed by atoms with Gasteiger partial charge < -0.3 is 15.2 Å². The largest absolute Gasteiger partial charge is 0.508 e. The van der Waals surface area contributed by atoms with Crippen molar-refractivity contribution in [3.05, 3.63) is 83.2 Å². The number of phenols is 1. The van der Waals surface area contributed by atoms with Crippen LogP contribution >= 0.6 is 0 Å². The Morgan fingerprint density at radius 1 is 1.10 bits per heavy atom. The normalized spacial score (nSPS) is 12.6. The molecule has 0 aliphatic carbocycles. The van der Waals surface area contributed by atoms with Crippen LogP contribution in [0.3, 0.4) is 0 Å². The number of anilines is 1. The van der Waals surface area contributed by atoms with E-state index in [9.17, 15) is 14.7 Å². The van der Waals surface area contributed by atoms with Crippen molar-refractivity contribution in [1.82, 2.24) is 4.98 Å². The first-order valence-corrected chi connectivity index (χ1v) is 9.38. The number of phenolic OH excluding ortho intramolecular Hbond substituents is 1. The molecular weight excluding hydrogens is 368 g/mol. The molecule has 2 aromatic carbocycles. The number of benzene rings is 2. The summed E-state index contributed by atoms with van der Waals surface area (Å²) >= 11 is 0. The smallest absolute Gasteiger partial charge is 0.262 e. The number of carbonyl (C=O) groups excluding carboxylic acids is 2. The Hall–Kier alpha value is -3.67. The number of rotatable bonds is 6. The van der Waals surface area contributed by atoms with Crippen LogP contribution in [0.1, 0.15) is 27.0 Å². The molecule has 0 radical (unpaired) electrons. The minimum absolute atomic E-state index is 0.0295. The number of hydrogen-bond donors (Lipinski definition) is 2. The van der Waals surface area contributed by atoms with Gasteiger partial charge in [0, 0.05) is 30.4 Å². The molecule has 0 atom stereocenters. The molecule has 0 bridgehead atoms. The molecule has 1 aliphatic rings. The highest BCUT2D eigenvalue weighted by Crippen LogP contribution is 2.34. The number of ketones is 1. The van der Waals surface area contributed by atoms with E-state index in [-0.39, 0.29) is 24.0 Å². The number of amides is 1. The highest BCUT2D eigenvalue weighted by molar-refractivity contribution is 5.97. The number of Topliss-reactive ketones (excluding diaryl/α,β-unsaturated/α-hetero) is 1. The predicted molar refractivity (Wildman–Crippen MR) is 108 cm³/mol. The van der Waals surface area contributed by atoms with Crippen LogP contribution in [0, 0.1) is 0 Å². The predicted octanol–water partition coefficient (Wildman–Crippen LogP) is 3.33. The lowest BCUT2D eigenvalue weighted by molar-refractivity contribution is -0.118. The van der Waals surface area contributed by atoms with Crippen LogP contribution in [-0.2, 0) is 24.1 Å². The van der Waals surface area contributed by atoms with Crippen molar-refractivity contribution >= 4 is 17.4 Å². The van der Waals surface area contributed by atoms with E-state index in [0.29, 0.717) is 36.3 Å². The number of fused-ring (bicyclic) bond motifs is 1. The molecule has 4 rings (SSSR count). The molecular formula is C23H20N2O4. The summed E-state index contributed by atoms with van der Waals surface area (Å²) in [7, 11) is 0. The average Bonchev–Trinajstić information content (AvgIpc) is 2.73. The van der Waals surface area contributed by atoms with E-state index < -0.39 is 0 Å². The zero-order valence-electron chi connectivity index (χ0n) is 15.7. The number of nitrogens with zero attached hydrogens (tertiary/aromatic N) is 1. The van der Waals surface area contributed by atoms with Crippen LogP contribution in [0.5, 0.6) is 11.5 Å². The molecule has 1 aromatic heterocycles. The van der Waals surface area contributed by atoms with Gasteiger partial charge in [0.05, 0.1) is 5.69 Å². The number of nitrogens with one attached hydrogen (secondary N) is 1. The topological polar surface area (TPSA) is 88.5 Å². The Balaban J connectivity index is 1.45.